The quantitative estimate of drug-likeness (QED) is 0.703. The summed E-state index contributed by atoms with van der Waals surface area (Å²) in [5, 5.41) is 0. The third-order valence-corrected chi connectivity index (χ3v) is 2.96. The Labute approximate surface area is 122 Å². The predicted octanol–water partition coefficient (Wildman–Crippen LogP) is 5.70. The molecule has 0 bridgehead atoms. The Morgan fingerprint density at radius 2 is 1.62 bits per heavy atom. The van der Waals surface area contributed by atoms with Crippen LogP contribution in [-0.2, 0) is 12.6 Å². The lowest BCUT2D eigenvalue weighted by atomic mass is 10.0. The fraction of sp³-hybridized carbons (Fsp3) is 0.294. The topological polar surface area (TPSA) is 9.23 Å². The van der Waals surface area contributed by atoms with Gasteiger partial charge < -0.3 is 4.74 Å². The summed E-state index contributed by atoms with van der Waals surface area (Å²) < 4.78 is 43.4. The first-order chi connectivity index (χ1) is 9.84. The smallest absolute Gasteiger partial charge is 0.416 e. The molecule has 4 heteroatoms. The van der Waals surface area contributed by atoms with Crippen LogP contribution in [0.15, 0.2) is 48.5 Å². The molecular formula is C17H17F3O. The minimum atomic E-state index is -4.36. The second-order valence-corrected chi connectivity index (χ2v) is 5.37. The molecule has 0 N–H and O–H groups in total. The van der Waals surface area contributed by atoms with E-state index in [1.54, 1.807) is 12.1 Å². The third-order valence-electron chi connectivity index (χ3n) is 2.96. The molecule has 0 radical (unpaired) electrons. The van der Waals surface area contributed by atoms with Crippen LogP contribution in [0.1, 0.15) is 25.0 Å². The lowest BCUT2D eigenvalue weighted by molar-refractivity contribution is -0.137. The molecular weight excluding hydrogens is 277 g/mol. The van der Waals surface area contributed by atoms with E-state index in [1.807, 2.05) is 12.1 Å². The molecule has 2 rings (SSSR count). The molecule has 112 valence electrons. The van der Waals surface area contributed by atoms with Gasteiger partial charge in [-0.15, -0.1) is 0 Å². The zero-order chi connectivity index (χ0) is 15.5. The molecule has 0 amide bonds. The van der Waals surface area contributed by atoms with E-state index < -0.39 is 11.7 Å². The normalized spacial score (nSPS) is 11.7. The number of hydrogen-bond donors (Lipinski definition) is 0. The molecule has 1 nitrogen and oxygen atoms in total. The fourth-order valence-corrected chi connectivity index (χ4v) is 2.04. The monoisotopic (exact) mass is 294 g/mol. The summed E-state index contributed by atoms with van der Waals surface area (Å²) in [6.07, 6.45) is -3.40. The average Bonchev–Trinajstić information content (AvgIpc) is 2.40. The van der Waals surface area contributed by atoms with Crippen LogP contribution in [0, 0.1) is 5.92 Å². The molecule has 0 aliphatic carbocycles. The van der Waals surface area contributed by atoms with Gasteiger partial charge in [0.1, 0.15) is 11.5 Å². The van der Waals surface area contributed by atoms with Crippen molar-refractivity contribution < 1.29 is 17.9 Å². The summed E-state index contributed by atoms with van der Waals surface area (Å²) in [6.45, 7) is 4.26. The van der Waals surface area contributed by atoms with Gasteiger partial charge in [0.2, 0.25) is 0 Å². The maximum atomic E-state index is 12.6. The van der Waals surface area contributed by atoms with Crippen LogP contribution in [0.3, 0.4) is 0 Å². The van der Waals surface area contributed by atoms with Gasteiger partial charge in [-0.25, -0.2) is 0 Å². The Morgan fingerprint density at radius 3 is 2.19 bits per heavy atom. The van der Waals surface area contributed by atoms with Crippen molar-refractivity contribution in [2.45, 2.75) is 26.4 Å². The second kappa shape index (κ2) is 6.20. The van der Waals surface area contributed by atoms with Crippen molar-refractivity contribution in [2.75, 3.05) is 0 Å². The van der Waals surface area contributed by atoms with Gasteiger partial charge in [0, 0.05) is 0 Å². The van der Waals surface area contributed by atoms with E-state index in [-0.39, 0.29) is 5.75 Å². The third kappa shape index (κ3) is 4.52. The number of halogens is 3. The standard InChI is InChI=1S/C17H17F3O/c1-12(2)10-13-6-8-15(9-7-13)21-16-5-3-4-14(11-16)17(18,19)20/h3-9,11-12H,10H2,1-2H3. The van der Waals surface area contributed by atoms with Crippen molar-refractivity contribution in [3.63, 3.8) is 0 Å². The van der Waals surface area contributed by atoms with E-state index in [9.17, 15) is 13.2 Å². The first-order valence-electron chi connectivity index (χ1n) is 6.78. The highest BCUT2D eigenvalue weighted by Crippen LogP contribution is 2.32. The lowest BCUT2D eigenvalue weighted by Crippen LogP contribution is -2.04. The zero-order valence-electron chi connectivity index (χ0n) is 11.9. The molecule has 0 saturated carbocycles. The van der Waals surface area contributed by atoms with Crippen molar-refractivity contribution in [3.8, 4) is 11.5 Å². The van der Waals surface area contributed by atoms with Crippen molar-refractivity contribution in [1.82, 2.24) is 0 Å². The zero-order valence-corrected chi connectivity index (χ0v) is 11.9. The van der Waals surface area contributed by atoms with Crippen LogP contribution in [-0.4, -0.2) is 0 Å². The van der Waals surface area contributed by atoms with Gasteiger partial charge in [-0.2, -0.15) is 13.2 Å². The number of rotatable bonds is 4. The van der Waals surface area contributed by atoms with Gasteiger partial charge in [-0.05, 0) is 48.2 Å². The van der Waals surface area contributed by atoms with Crippen molar-refractivity contribution in [3.05, 3.63) is 59.7 Å². The average molecular weight is 294 g/mol. The first-order valence-corrected chi connectivity index (χ1v) is 6.78. The van der Waals surface area contributed by atoms with Crippen LogP contribution in [0.2, 0.25) is 0 Å². The van der Waals surface area contributed by atoms with Gasteiger partial charge in [0.05, 0.1) is 5.56 Å². The van der Waals surface area contributed by atoms with Crippen LogP contribution in [0.5, 0.6) is 11.5 Å². The van der Waals surface area contributed by atoms with E-state index in [0.717, 1.165) is 18.6 Å². The maximum Gasteiger partial charge on any atom is 0.416 e. The molecule has 0 aliphatic rings. The van der Waals surface area contributed by atoms with Crippen LogP contribution in [0.4, 0.5) is 13.2 Å². The molecule has 2 aromatic carbocycles. The minimum Gasteiger partial charge on any atom is -0.457 e. The molecule has 2 aromatic rings. The number of benzene rings is 2. The summed E-state index contributed by atoms with van der Waals surface area (Å²) >= 11 is 0. The maximum absolute atomic E-state index is 12.6. The second-order valence-electron chi connectivity index (χ2n) is 5.37. The number of alkyl halides is 3. The van der Waals surface area contributed by atoms with E-state index in [2.05, 4.69) is 13.8 Å². The predicted molar refractivity (Wildman–Crippen MR) is 76.5 cm³/mol. The lowest BCUT2D eigenvalue weighted by Gasteiger charge is -2.11. The molecule has 0 spiro atoms. The Morgan fingerprint density at radius 1 is 0.952 bits per heavy atom. The molecule has 0 saturated heterocycles. The van der Waals surface area contributed by atoms with Crippen LogP contribution in [0.25, 0.3) is 0 Å². The number of ether oxygens (including phenoxy) is 1. The summed E-state index contributed by atoms with van der Waals surface area (Å²) in [4.78, 5) is 0. The fourth-order valence-electron chi connectivity index (χ4n) is 2.04. The molecule has 0 aromatic heterocycles. The van der Waals surface area contributed by atoms with Crippen molar-refractivity contribution in [2.24, 2.45) is 5.92 Å². The van der Waals surface area contributed by atoms with Crippen molar-refractivity contribution in [1.29, 1.82) is 0 Å². The summed E-state index contributed by atoms with van der Waals surface area (Å²) in [7, 11) is 0. The Balaban J connectivity index is 2.11. The Bertz CT molecular complexity index is 586. The highest BCUT2D eigenvalue weighted by atomic mass is 19.4. The molecule has 0 heterocycles. The summed E-state index contributed by atoms with van der Waals surface area (Å²) in [5.74, 6) is 1.27. The molecule has 21 heavy (non-hydrogen) atoms. The van der Waals surface area contributed by atoms with Gasteiger partial charge >= 0.3 is 6.18 Å². The molecule has 0 unspecified atom stereocenters. The summed E-state index contributed by atoms with van der Waals surface area (Å²) in [6, 6.07) is 12.3. The largest absolute Gasteiger partial charge is 0.457 e. The van der Waals surface area contributed by atoms with Crippen molar-refractivity contribution >= 4 is 0 Å². The molecule has 0 fully saturated rings. The number of hydrogen-bond acceptors (Lipinski definition) is 1. The van der Waals surface area contributed by atoms with Crippen LogP contribution < -0.4 is 4.74 Å². The van der Waals surface area contributed by atoms with Gasteiger partial charge in [-0.3, -0.25) is 0 Å². The Hall–Kier alpha value is -1.97. The highest BCUT2D eigenvalue weighted by molar-refractivity contribution is 5.36. The van der Waals surface area contributed by atoms with Gasteiger partial charge in [0.15, 0.2) is 0 Å². The van der Waals surface area contributed by atoms with Gasteiger partial charge in [-0.1, -0.05) is 32.0 Å². The SMILES string of the molecule is CC(C)Cc1ccc(Oc2cccc(C(F)(F)F)c2)cc1. The highest BCUT2D eigenvalue weighted by Gasteiger charge is 2.30. The van der Waals surface area contributed by atoms with E-state index in [1.165, 1.54) is 17.7 Å². The van der Waals surface area contributed by atoms with E-state index in [4.69, 9.17) is 4.74 Å². The summed E-state index contributed by atoms with van der Waals surface area (Å²) in [5.41, 5.74) is 0.470. The minimum absolute atomic E-state index is 0.182. The van der Waals surface area contributed by atoms with Crippen LogP contribution >= 0.6 is 0 Å². The van der Waals surface area contributed by atoms with E-state index >= 15 is 0 Å². The van der Waals surface area contributed by atoms with Gasteiger partial charge in [0.25, 0.3) is 0 Å². The molecule has 0 atom stereocenters. The Kier molecular flexibility index (Phi) is 4.56. The first kappa shape index (κ1) is 15.4. The van der Waals surface area contributed by atoms with E-state index in [0.29, 0.717) is 11.7 Å². The molecule has 0 aliphatic heterocycles.